The summed E-state index contributed by atoms with van der Waals surface area (Å²) in [4.78, 5) is 2.43. The zero-order valence-electron chi connectivity index (χ0n) is 10.7. The second kappa shape index (κ2) is 5.03. The van der Waals surface area contributed by atoms with Crippen molar-refractivity contribution in [3.63, 3.8) is 0 Å². The average molecular weight is 251 g/mol. The van der Waals surface area contributed by atoms with Gasteiger partial charge < -0.3 is 14.3 Å². The van der Waals surface area contributed by atoms with Gasteiger partial charge in [0, 0.05) is 18.7 Å². The molecule has 1 saturated heterocycles. The number of morpholine rings is 1. The van der Waals surface area contributed by atoms with E-state index in [0.717, 1.165) is 44.7 Å². The highest BCUT2D eigenvalue weighted by Gasteiger charge is 2.46. The molecule has 0 amide bonds. The number of hydrogen-bond donors (Lipinski definition) is 1. The highest BCUT2D eigenvalue weighted by Crippen LogP contribution is 2.44. The van der Waals surface area contributed by atoms with Gasteiger partial charge in [0.15, 0.2) is 0 Å². The number of rotatable bonds is 3. The first-order chi connectivity index (χ1) is 8.83. The van der Waals surface area contributed by atoms with Gasteiger partial charge in [-0.2, -0.15) is 0 Å². The number of ether oxygens (including phenoxy) is 1. The second-order valence-corrected chi connectivity index (χ2v) is 5.37. The van der Waals surface area contributed by atoms with E-state index < -0.39 is 6.10 Å². The number of aliphatic hydroxyl groups excluding tert-OH is 1. The average Bonchev–Trinajstić information content (AvgIpc) is 3.11. The van der Waals surface area contributed by atoms with Crippen molar-refractivity contribution < 1.29 is 14.3 Å². The number of hydrogen-bond acceptors (Lipinski definition) is 4. The molecule has 1 aromatic heterocycles. The zero-order chi connectivity index (χ0) is 12.4. The van der Waals surface area contributed by atoms with Crippen LogP contribution in [0.1, 0.15) is 37.4 Å². The molecule has 4 heteroatoms. The van der Waals surface area contributed by atoms with E-state index in [1.807, 2.05) is 6.07 Å². The summed E-state index contributed by atoms with van der Waals surface area (Å²) in [5.74, 6) is 0. The van der Waals surface area contributed by atoms with Gasteiger partial charge in [0.2, 0.25) is 0 Å². The Kier molecular flexibility index (Phi) is 3.41. The van der Waals surface area contributed by atoms with Crippen LogP contribution in [0.3, 0.4) is 0 Å². The lowest BCUT2D eigenvalue weighted by Crippen LogP contribution is -2.55. The van der Waals surface area contributed by atoms with Crippen LogP contribution in [0.25, 0.3) is 0 Å². The third-order valence-electron chi connectivity index (χ3n) is 4.48. The summed E-state index contributed by atoms with van der Waals surface area (Å²) in [6, 6.07) is 1.88. The lowest BCUT2D eigenvalue weighted by Gasteiger charge is -2.46. The van der Waals surface area contributed by atoms with E-state index in [0.29, 0.717) is 0 Å². The minimum Gasteiger partial charge on any atom is -0.472 e. The Hall–Kier alpha value is -0.840. The predicted molar refractivity (Wildman–Crippen MR) is 67.3 cm³/mol. The number of nitrogens with zero attached hydrogens (tertiary/aromatic N) is 1. The molecule has 2 heterocycles. The lowest BCUT2D eigenvalue weighted by molar-refractivity contribution is -0.0775. The largest absolute Gasteiger partial charge is 0.472 e. The van der Waals surface area contributed by atoms with Crippen LogP contribution in [-0.4, -0.2) is 41.8 Å². The Morgan fingerprint density at radius 1 is 1.22 bits per heavy atom. The van der Waals surface area contributed by atoms with Gasteiger partial charge in [-0.25, -0.2) is 0 Å². The molecule has 0 spiro atoms. The highest BCUT2D eigenvalue weighted by atomic mass is 16.5. The van der Waals surface area contributed by atoms with Gasteiger partial charge in [-0.15, -0.1) is 0 Å². The molecule has 1 atom stereocenters. The van der Waals surface area contributed by atoms with Crippen LogP contribution in [-0.2, 0) is 4.74 Å². The van der Waals surface area contributed by atoms with Crippen LogP contribution >= 0.6 is 0 Å². The van der Waals surface area contributed by atoms with Crippen LogP contribution in [0, 0.1) is 0 Å². The molecule has 0 radical (unpaired) electrons. The maximum absolute atomic E-state index is 10.8. The molecule has 0 bridgehead atoms. The molecule has 2 fully saturated rings. The molecule has 1 aromatic rings. The van der Waals surface area contributed by atoms with Crippen molar-refractivity contribution in [2.75, 3.05) is 26.3 Å². The molecule has 1 saturated carbocycles. The molecule has 1 N–H and O–H groups in total. The van der Waals surface area contributed by atoms with Gasteiger partial charge in [0.1, 0.15) is 6.10 Å². The van der Waals surface area contributed by atoms with Crippen molar-refractivity contribution >= 4 is 0 Å². The smallest absolute Gasteiger partial charge is 0.100 e. The van der Waals surface area contributed by atoms with Crippen LogP contribution in [0.15, 0.2) is 23.0 Å². The number of aliphatic hydroxyl groups is 1. The summed E-state index contributed by atoms with van der Waals surface area (Å²) in [5, 5.41) is 10.8. The highest BCUT2D eigenvalue weighted by molar-refractivity contribution is 5.17. The van der Waals surface area contributed by atoms with Crippen LogP contribution in [0.4, 0.5) is 0 Å². The predicted octanol–water partition coefficient (Wildman–Crippen LogP) is 1.96. The van der Waals surface area contributed by atoms with Gasteiger partial charge in [-0.3, -0.25) is 4.90 Å². The molecule has 1 unspecified atom stereocenters. The van der Waals surface area contributed by atoms with Crippen molar-refractivity contribution in [2.45, 2.75) is 37.3 Å². The molecular weight excluding hydrogens is 230 g/mol. The molecule has 1 aliphatic carbocycles. The standard InChI is InChI=1S/C14H21NO3/c16-13(12-3-8-18-11-12)14(4-1-2-5-14)15-6-9-17-10-7-15/h3,8,11,13,16H,1-2,4-7,9-10H2. The third kappa shape index (κ3) is 1.98. The van der Waals surface area contributed by atoms with Gasteiger partial charge >= 0.3 is 0 Å². The third-order valence-corrected chi connectivity index (χ3v) is 4.48. The van der Waals surface area contributed by atoms with E-state index in [1.165, 1.54) is 12.8 Å². The van der Waals surface area contributed by atoms with Crippen LogP contribution < -0.4 is 0 Å². The summed E-state index contributed by atoms with van der Waals surface area (Å²) < 4.78 is 10.6. The van der Waals surface area contributed by atoms with Crippen molar-refractivity contribution in [2.24, 2.45) is 0 Å². The molecule has 0 aromatic carbocycles. The van der Waals surface area contributed by atoms with Gasteiger partial charge in [0.25, 0.3) is 0 Å². The topological polar surface area (TPSA) is 45.8 Å². The summed E-state index contributed by atoms with van der Waals surface area (Å²) in [5.41, 5.74) is 0.802. The van der Waals surface area contributed by atoms with E-state index in [4.69, 9.17) is 9.15 Å². The lowest BCUT2D eigenvalue weighted by atomic mass is 9.84. The van der Waals surface area contributed by atoms with E-state index in [1.54, 1.807) is 12.5 Å². The normalized spacial score (nSPS) is 26.3. The fourth-order valence-electron chi connectivity index (χ4n) is 3.50. The molecule has 18 heavy (non-hydrogen) atoms. The maximum atomic E-state index is 10.8. The van der Waals surface area contributed by atoms with Crippen LogP contribution in [0.5, 0.6) is 0 Å². The zero-order valence-corrected chi connectivity index (χ0v) is 10.7. The Morgan fingerprint density at radius 3 is 2.56 bits per heavy atom. The Balaban J connectivity index is 1.86. The quantitative estimate of drug-likeness (QED) is 0.892. The molecule has 100 valence electrons. The maximum Gasteiger partial charge on any atom is 0.100 e. The second-order valence-electron chi connectivity index (χ2n) is 5.37. The fourth-order valence-corrected chi connectivity index (χ4v) is 3.50. The van der Waals surface area contributed by atoms with Crippen molar-refractivity contribution in [3.8, 4) is 0 Å². The van der Waals surface area contributed by atoms with E-state index in [-0.39, 0.29) is 5.54 Å². The molecule has 1 aliphatic heterocycles. The Morgan fingerprint density at radius 2 is 1.94 bits per heavy atom. The Labute approximate surface area is 108 Å². The molecular formula is C14H21NO3. The molecule has 3 rings (SSSR count). The summed E-state index contributed by atoms with van der Waals surface area (Å²) in [6.07, 6.45) is 7.40. The summed E-state index contributed by atoms with van der Waals surface area (Å²) >= 11 is 0. The van der Waals surface area contributed by atoms with E-state index in [2.05, 4.69) is 4.90 Å². The van der Waals surface area contributed by atoms with Gasteiger partial charge in [-0.1, -0.05) is 12.8 Å². The van der Waals surface area contributed by atoms with Gasteiger partial charge in [-0.05, 0) is 18.9 Å². The fraction of sp³-hybridized carbons (Fsp3) is 0.714. The number of furan rings is 1. The van der Waals surface area contributed by atoms with Crippen molar-refractivity contribution in [1.82, 2.24) is 4.90 Å². The summed E-state index contributed by atoms with van der Waals surface area (Å²) in [7, 11) is 0. The van der Waals surface area contributed by atoms with E-state index in [9.17, 15) is 5.11 Å². The monoisotopic (exact) mass is 251 g/mol. The first kappa shape index (κ1) is 12.2. The van der Waals surface area contributed by atoms with Gasteiger partial charge in [0.05, 0.1) is 31.3 Å². The SMILES string of the molecule is OC(c1ccoc1)C1(N2CCOCC2)CCCC1. The first-order valence-corrected chi connectivity index (χ1v) is 6.86. The van der Waals surface area contributed by atoms with E-state index >= 15 is 0 Å². The molecule has 4 nitrogen and oxygen atoms in total. The summed E-state index contributed by atoms with van der Waals surface area (Å²) in [6.45, 7) is 3.41. The van der Waals surface area contributed by atoms with Crippen LogP contribution in [0.2, 0.25) is 0 Å². The van der Waals surface area contributed by atoms with Crippen molar-refractivity contribution in [3.05, 3.63) is 24.2 Å². The van der Waals surface area contributed by atoms with Crippen molar-refractivity contribution in [1.29, 1.82) is 0 Å². The minimum absolute atomic E-state index is 0.104. The first-order valence-electron chi connectivity index (χ1n) is 6.86. The molecule has 2 aliphatic rings. The minimum atomic E-state index is -0.447. The Bertz CT molecular complexity index is 364.